The first-order valence-electron chi connectivity index (χ1n) is 13.4. The summed E-state index contributed by atoms with van der Waals surface area (Å²) in [6.45, 7) is 2.38. The molecule has 0 radical (unpaired) electrons. The zero-order valence-corrected chi connectivity index (χ0v) is 22.9. The summed E-state index contributed by atoms with van der Waals surface area (Å²) in [4.78, 5) is 20.0. The largest absolute Gasteiger partial charge is 0.306 e. The van der Waals surface area contributed by atoms with Crippen LogP contribution in [0.4, 0.5) is 5.69 Å². The molecule has 1 atom stereocenters. The summed E-state index contributed by atoms with van der Waals surface area (Å²) in [6, 6.07) is 28.3. The molecule has 3 aromatic carbocycles. The Kier molecular flexibility index (Phi) is 8.19. The normalized spacial score (nSPS) is 14.6. The molecule has 39 heavy (non-hydrogen) atoms. The van der Waals surface area contributed by atoms with Crippen LogP contribution in [0.1, 0.15) is 53.8 Å². The molecule has 1 aliphatic carbocycles. The van der Waals surface area contributed by atoms with Crippen LogP contribution < -0.4 is 9.62 Å². The van der Waals surface area contributed by atoms with Crippen LogP contribution in [0.5, 0.6) is 0 Å². The SMILES string of the molecule is CCc1ccc(S(=O)(=O)NC2CCc3ccc(N(Cc4ccccn4)C(=O)CCc4ccccc4)cc32)cc1. The van der Waals surface area contributed by atoms with Gasteiger partial charge in [-0.2, -0.15) is 0 Å². The number of fused-ring (bicyclic) bond motifs is 1. The molecule has 6 nitrogen and oxygen atoms in total. The van der Waals surface area contributed by atoms with Crippen molar-refractivity contribution in [2.75, 3.05) is 4.90 Å². The van der Waals surface area contributed by atoms with Gasteiger partial charge in [-0.15, -0.1) is 0 Å². The van der Waals surface area contributed by atoms with Gasteiger partial charge in [-0.05, 0) is 84.3 Å². The Morgan fingerprint density at radius 1 is 0.949 bits per heavy atom. The third kappa shape index (κ3) is 6.44. The first-order chi connectivity index (χ1) is 18.9. The summed E-state index contributed by atoms with van der Waals surface area (Å²) in [5.41, 5.74) is 5.76. The van der Waals surface area contributed by atoms with Crippen LogP contribution in [0.2, 0.25) is 0 Å². The number of carbonyl (C=O) groups is 1. The predicted octanol–water partition coefficient (Wildman–Crippen LogP) is 5.78. The van der Waals surface area contributed by atoms with Crippen molar-refractivity contribution in [3.63, 3.8) is 0 Å². The lowest BCUT2D eigenvalue weighted by Crippen LogP contribution is -2.31. The summed E-state index contributed by atoms with van der Waals surface area (Å²) in [5, 5.41) is 0. The third-order valence-electron chi connectivity index (χ3n) is 7.28. The Morgan fingerprint density at radius 2 is 1.72 bits per heavy atom. The van der Waals surface area contributed by atoms with E-state index in [-0.39, 0.29) is 16.8 Å². The molecule has 0 saturated carbocycles. The smallest absolute Gasteiger partial charge is 0.241 e. The number of amides is 1. The molecule has 0 fully saturated rings. The molecule has 7 heteroatoms. The molecule has 1 aromatic heterocycles. The van der Waals surface area contributed by atoms with Crippen LogP contribution >= 0.6 is 0 Å². The molecule has 0 aliphatic heterocycles. The van der Waals surface area contributed by atoms with Gasteiger partial charge in [0.05, 0.1) is 17.1 Å². The Balaban J connectivity index is 1.40. The molecule has 1 N–H and O–H groups in total. The van der Waals surface area contributed by atoms with Crippen molar-refractivity contribution in [3.8, 4) is 0 Å². The fourth-order valence-corrected chi connectivity index (χ4v) is 6.30. The van der Waals surface area contributed by atoms with Crippen LogP contribution in [0.25, 0.3) is 0 Å². The lowest BCUT2D eigenvalue weighted by atomic mass is 10.1. The highest BCUT2D eigenvalue weighted by molar-refractivity contribution is 7.89. The second kappa shape index (κ2) is 11.9. The lowest BCUT2D eigenvalue weighted by Gasteiger charge is -2.24. The minimum atomic E-state index is -3.69. The van der Waals surface area contributed by atoms with Crippen LogP contribution in [-0.4, -0.2) is 19.3 Å². The van der Waals surface area contributed by atoms with Gasteiger partial charge in [0.25, 0.3) is 0 Å². The maximum atomic E-state index is 13.6. The average Bonchev–Trinajstić information content (AvgIpc) is 3.37. The van der Waals surface area contributed by atoms with Crippen molar-refractivity contribution in [1.29, 1.82) is 0 Å². The number of sulfonamides is 1. The molecule has 1 aliphatic rings. The van der Waals surface area contributed by atoms with Crippen LogP contribution in [-0.2, 0) is 40.6 Å². The van der Waals surface area contributed by atoms with E-state index in [0.29, 0.717) is 25.8 Å². The Morgan fingerprint density at radius 3 is 2.44 bits per heavy atom. The van der Waals surface area contributed by atoms with E-state index < -0.39 is 10.0 Å². The number of rotatable bonds is 10. The minimum absolute atomic E-state index is 0.00408. The molecule has 4 aromatic rings. The second-order valence-electron chi connectivity index (χ2n) is 9.88. The fourth-order valence-electron chi connectivity index (χ4n) is 5.05. The molecule has 1 unspecified atom stereocenters. The van der Waals surface area contributed by atoms with E-state index in [2.05, 4.69) is 9.71 Å². The standard InChI is InChI=1S/C32H33N3O3S/c1-2-24-11-17-29(18-12-24)39(37,38)34-31-19-15-26-14-16-28(22-30(26)31)35(23-27-10-6-7-21-33-27)32(36)20-13-25-8-4-3-5-9-25/h3-12,14,16-18,21-22,31,34H,2,13,15,19-20,23H2,1H3. The van der Waals surface area contributed by atoms with Crippen molar-refractivity contribution < 1.29 is 13.2 Å². The summed E-state index contributed by atoms with van der Waals surface area (Å²) >= 11 is 0. The zero-order valence-electron chi connectivity index (χ0n) is 22.1. The quantitative estimate of drug-likeness (QED) is 0.277. The molecular formula is C32H33N3O3S. The number of hydrogen-bond acceptors (Lipinski definition) is 4. The highest BCUT2D eigenvalue weighted by atomic mass is 32.2. The maximum absolute atomic E-state index is 13.6. The predicted molar refractivity (Wildman–Crippen MR) is 154 cm³/mol. The van der Waals surface area contributed by atoms with E-state index in [4.69, 9.17) is 0 Å². The molecule has 1 amide bonds. The van der Waals surface area contributed by atoms with Crippen LogP contribution in [0.3, 0.4) is 0 Å². The Bertz CT molecular complexity index is 1520. The molecular weight excluding hydrogens is 506 g/mol. The van der Waals surface area contributed by atoms with E-state index in [1.54, 1.807) is 23.2 Å². The van der Waals surface area contributed by atoms with Crippen molar-refractivity contribution >= 4 is 21.6 Å². The van der Waals surface area contributed by atoms with Gasteiger partial charge in [0, 0.05) is 24.3 Å². The van der Waals surface area contributed by atoms with Gasteiger partial charge in [0.15, 0.2) is 0 Å². The third-order valence-corrected chi connectivity index (χ3v) is 8.76. The highest BCUT2D eigenvalue weighted by Crippen LogP contribution is 2.35. The van der Waals surface area contributed by atoms with E-state index in [1.807, 2.05) is 85.8 Å². The Hall–Kier alpha value is -3.81. The van der Waals surface area contributed by atoms with Gasteiger partial charge in [0.2, 0.25) is 15.9 Å². The van der Waals surface area contributed by atoms with Crippen molar-refractivity contribution in [1.82, 2.24) is 9.71 Å². The lowest BCUT2D eigenvalue weighted by molar-refractivity contribution is -0.118. The number of aromatic nitrogens is 1. The number of anilines is 1. The average molecular weight is 540 g/mol. The van der Waals surface area contributed by atoms with Crippen molar-refractivity contribution in [2.45, 2.75) is 56.5 Å². The summed E-state index contributed by atoms with van der Waals surface area (Å²) in [5.74, 6) is -0.00408. The molecule has 5 rings (SSSR count). The molecule has 0 saturated heterocycles. The number of pyridine rings is 1. The molecule has 0 bridgehead atoms. The van der Waals surface area contributed by atoms with E-state index >= 15 is 0 Å². The van der Waals surface area contributed by atoms with Gasteiger partial charge < -0.3 is 4.90 Å². The number of nitrogens with one attached hydrogen (secondary N) is 1. The van der Waals surface area contributed by atoms with Gasteiger partial charge in [-0.1, -0.05) is 61.5 Å². The first-order valence-corrected chi connectivity index (χ1v) is 14.9. The highest BCUT2D eigenvalue weighted by Gasteiger charge is 2.29. The molecule has 200 valence electrons. The van der Waals surface area contributed by atoms with E-state index in [0.717, 1.165) is 46.5 Å². The number of hydrogen-bond donors (Lipinski definition) is 1. The van der Waals surface area contributed by atoms with Crippen LogP contribution in [0.15, 0.2) is 102 Å². The van der Waals surface area contributed by atoms with Gasteiger partial charge in [-0.25, -0.2) is 13.1 Å². The fraction of sp³-hybridized carbons (Fsp3) is 0.250. The summed E-state index contributed by atoms with van der Waals surface area (Å²) in [7, 11) is -3.69. The number of benzene rings is 3. The van der Waals surface area contributed by atoms with Gasteiger partial charge >= 0.3 is 0 Å². The number of carbonyl (C=O) groups excluding carboxylic acids is 1. The molecule has 0 spiro atoms. The topological polar surface area (TPSA) is 79.4 Å². The second-order valence-corrected chi connectivity index (χ2v) is 11.6. The minimum Gasteiger partial charge on any atom is -0.306 e. The first kappa shape index (κ1) is 26.8. The molecule has 1 heterocycles. The monoisotopic (exact) mass is 539 g/mol. The summed E-state index contributed by atoms with van der Waals surface area (Å²) < 4.78 is 29.3. The van der Waals surface area contributed by atoms with Crippen molar-refractivity contribution in [3.05, 3.63) is 125 Å². The van der Waals surface area contributed by atoms with E-state index in [1.165, 1.54) is 0 Å². The number of aryl methyl sites for hydroxylation is 3. The Labute approximate surface area is 230 Å². The van der Waals surface area contributed by atoms with Gasteiger partial charge in [0.1, 0.15) is 0 Å². The zero-order chi connectivity index (χ0) is 27.2. The summed E-state index contributed by atoms with van der Waals surface area (Å²) in [6.07, 6.45) is 5.03. The van der Waals surface area contributed by atoms with Crippen LogP contribution in [0, 0.1) is 0 Å². The maximum Gasteiger partial charge on any atom is 0.241 e. The van der Waals surface area contributed by atoms with Gasteiger partial charge in [-0.3, -0.25) is 9.78 Å². The van der Waals surface area contributed by atoms with Crippen molar-refractivity contribution in [2.24, 2.45) is 0 Å². The number of nitrogens with zero attached hydrogens (tertiary/aromatic N) is 2. The van der Waals surface area contributed by atoms with E-state index in [9.17, 15) is 13.2 Å².